The van der Waals surface area contributed by atoms with Crippen molar-refractivity contribution in [2.75, 3.05) is 16.8 Å². The van der Waals surface area contributed by atoms with Crippen LogP contribution in [0.1, 0.15) is 51.0 Å². The molecule has 0 bridgehead atoms. The fourth-order valence-electron chi connectivity index (χ4n) is 4.18. The Hall–Kier alpha value is -3.35. The van der Waals surface area contributed by atoms with Crippen molar-refractivity contribution in [1.29, 1.82) is 0 Å². The van der Waals surface area contributed by atoms with Crippen LogP contribution < -0.4 is 15.0 Å². The Balaban J connectivity index is 1.80. The van der Waals surface area contributed by atoms with Crippen molar-refractivity contribution in [2.45, 2.75) is 64.0 Å². The van der Waals surface area contributed by atoms with Gasteiger partial charge in [-0.1, -0.05) is 38.7 Å². The van der Waals surface area contributed by atoms with Gasteiger partial charge < -0.3 is 15.0 Å². The molecule has 212 valence electrons. The minimum absolute atomic E-state index is 0.0215. The zero-order valence-electron chi connectivity index (χ0n) is 20.9. The molecule has 0 radical (unpaired) electrons. The Morgan fingerprint density at radius 3 is 2.31 bits per heavy atom. The fraction of sp³-hybridized carbons (Fsp3) is 0.423. The van der Waals surface area contributed by atoms with Gasteiger partial charge in [0.15, 0.2) is 5.11 Å². The number of halogens is 6. The Morgan fingerprint density at radius 1 is 1.03 bits per heavy atom. The molecule has 2 aromatic rings. The van der Waals surface area contributed by atoms with E-state index in [0.29, 0.717) is 6.42 Å². The van der Waals surface area contributed by atoms with Gasteiger partial charge in [0.1, 0.15) is 11.8 Å². The van der Waals surface area contributed by atoms with E-state index in [1.54, 1.807) is 0 Å². The lowest BCUT2D eigenvalue weighted by atomic mass is 10.1. The van der Waals surface area contributed by atoms with Crippen LogP contribution in [-0.2, 0) is 15.8 Å². The molecule has 1 aliphatic rings. The summed E-state index contributed by atoms with van der Waals surface area (Å²) in [5.74, 6) is -1.75. The van der Waals surface area contributed by atoms with Crippen LogP contribution in [0.2, 0.25) is 0 Å². The van der Waals surface area contributed by atoms with Gasteiger partial charge in [-0.15, -0.1) is 13.2 Å². The van der Waals surface area contributed by atoms with Crippen molar-refractivity contribution in [3.63, 3.8) is 0 Å². The van der Waals surface area contributed by atoms with Gasteiger partial charge >= 0.3 is 12.5 Å². The summed E-state index contributed by atoms with van der Waals surface area (Å²) in [6.45, 7) is 2.32. The first-order valence-electron chi connectivity index (χ1n) is 12.3. The standard InChI is InChI=1S/C26H27F6N3O3S/c1-2-3-4-5-6-14-34(24(39)33-18-9-7-8-17(15-18)25(27,28)29)21-16-22(36)35(23(21)37)19-10-12-20(13-11-19)38-26(30,31)32/h7-13,15,21H,2-6,14,16H2,1H3,(H,33,39). The van der Waals surface area contributed by atoms with Crippen molar-refractivity contribution < 1.29 is 40.7 Å². The summed E-state index contributed by atoms with van der Waals surface area (Å²) in [5, 5.41) is 2.73. The highest BCUT2D eigenvalue weighted by atomic mass is 32.1. The monoisotopic (exact) mass is 575 g/mol. The van der Waals surface area contributed by atoms with Crippen LogP contribution in [0, 0.1) is 0 Å². The van der Waals surface area contributed by atoms with E-state index in [-0.39, 0.29) is 29.5 Å². The van der Waals surface area contributed by atoms with Crippen molar-refractivity contribution in [2.24, 2.45) is 0 Å². The average molecular weight is 576 g/mol. The van der Waals surface area contributed by atoms with E-state index >= 15 is 0 Å². The maximum atomic E-state index is 13.4. The molecule has 0 saturated carbocycles. The van der Waals surface area contributed by atoms with Gasteiger partial charge in [-0.2, -0.15) is 13.2 Å². The predicted molar refractivity (Wildman–Crippen MR) is 137 cm³/mol. The first-order chi connectivity index (χ1) is 18.3. The number of imide groups is 1. The number of unbranched alkanes of at least 4 members (excludes halogenated alkanes) is 4. The topological polar surface area (TPSA) is 61.9 Å². The zero-order valence-corrected chi connectivity index (χ0v) is 21.8. The molecule has 6 nitrogen and oxygen atoms in total. The van der Waals surface area contributed by atoms with E-state index in [1.807, 2.05) is 0 Å². The lowest BCUT2D eigenvalue weighted by molar-refractivity contribution is -0.274. The molecule has 39 heavy (non-hydrogen) atoms. The number of hydrogen-bond donors (Lipinski definition) is 1. The zero-order chi connectivity index (χ0) is 28.8. The van der Waals surface area contributed by atoms with E-state index < -0.39 is 41.7 Å². The van der Waals surface area contributed by atoms with Gasteiger partial charge in [-0.3, -0.25) is 9.59 Å². The van der Waals surface area contributed by atoms with Gasteiger partial charge in [-0.25, -0.2) is 4.90 Å². The Bertz CT molecular complexity index is 1170. The number of carbonyl (C=O) groups is 2. The van der Waals surface area contributed by atoms with Crippen LogP contribution in [0.25, 0.3) is 0 Å². The number of benzene rings is 2. The number of amides is 2. The average Bonchev–Trinajstić information content (AvgIpc) is 3.14. The highest BCUT2D eigenvalue weighted by Gasteiger charge is 2.43. The lowest BCUT2D eigenvalue weighted by Gasteiger charge is -2.30. The van der Waals surface area contributed by atoms with Crippen LogP contribution in [0.15, 0.2) is 48.5 Å². The maximum absolute atomic E-state index is 13.4. The van der Waals surface area contributed by atoms with Crippen LogP contribution in [0.5, 0.6) is 5.75 Å². The number of alkyl halides is 6. The third-order valence-electron chi connectivity index (χ3n) is 6.03. The minimum Gasteiger partial charge on any atom is -0.406 e. The molecule has 1 aliphatic heterocycles. The molecule has 13 heteroatoms. The van der Waals surface area contributed by atoms with E-state index in [1.165, 1.54) is 17.0 Å². The molecular weight excluding hydrogens is 548 g/mol. The van der Waals surface area contributed by atoms with Crippen LogP contribution in [0.4, 0.5) is 37.7 Å². The predicted octanol–water partition coefficient (Wildman–Crippen LogP) is 6.91. The summed E-state index contributed by atoms with van der Waals surface area (Å²) >= 11 is 5.47. The minimum atomic E-state index is -4.90. The van der Waals surface area contributed by atoms with Gasteiger partial charge in [0, 0.05) is 12.2 Å². The molecule has 0 aliphatic carbocycles. The van der Waals surface area contributed by atoms with Gasteiger partial charge in [0.25, 0.3) is 5.91 Å². The van der Waals surface area contributed by atoms with Crippen molar-refractivity contribution in [3.8, 4) is 5.75 Å². The van der Waals surface area contributed by atoms with Crippen molar-refractivity contribution >= 4 is 40.5 Å². The first-order valence-corrected chi connectivity index (χ1v) is 12.7. The van der Waals surface area contributed by atoms with Crippen LogP contribution >= 0.6 is 12.2 Å². The second-order valence-corrected chi connectivity index (χ2v) is 9.33. The van der Waals surface area contributed by atoms with E-state index in [9.17, 15) is 35.9 Å². The molecule has 0 spiro atoms. The number of anilines is 2. The number of nitrogens with zero attached hydrogens (tertiary/aromatic N) is 2. The number of nitrogens with one attached hydrogen (secondary N) is 1. The molecule has 2 amide bonds. The lowest BCUT2D eigenvalue weighted by Crippen LogP contribution is -2.47. The van der Waals surface area contributed by atoms with Crippen molar-refractivity contribution in [1.82, 2.24) is 4.90 Å². The van der Waals surface area contributed by atoms with Gasteiger partial charge in [0.2, 0.25) is 5.91 Å². The van der Waals surface area contributed by atoms with Crippen LogP contribution in [0.3, 0.4) is 0 Å². The number of carbonyl (C=O) groups excluding carboxylic acids is 2. The molecule has 1 heterocycles. The Labute approximate surface area is 226 Å². The van der Waals surface area contributed by atoms with E-state index in [2.05, 4.69) is 17.0 Å². The summed E-state index contributed by atoms with van der Waals surface area (Å²) in [7, 11) is 0. The molecule has 1 fully saturated rings. The third kappa shape index (κ3) is 8.32. The molecule has 1 atom stereocenters. The summed E-state index contributed by atoms with van der Waals surface area (Å²) < 4.78 is 80.7. The van der Waals surface area contributed by atoms with Crippen molar-refractivity contribution in [3.05, 3.63) is 54.1 Å². The Morgan fingerprint density at radius 2 is 1.69 bits per heavy atom. The molecule has 1 saturated heterocycles. The molecule has 1 N–H and O–H groups in total. The number of thiocarbonyl (C=S) groups is 1. The summed E-state index contributed by atoms with van der Waals surface area (Å²) in [6.07, 6.45) is -5.33. The fourth-order valence-corrected chi connectivity index (χ4v) is 4.52. The molecule has 0 aromatic heterocycles. The summed E-state index contributed by atoms with van der Waals surface area (Å²) in [5.41, 5.74) is -0.751. The Kier molecular flexibility index (Phi) is 9.81. The largest absolute Gasteiger partial charge is 0.573 e. The smallest absolute Gasteiger partial charge is 0.406 e. The highest BCUT2D eigenvalue weighted by Crippen LogP contribution is 2.32. The molecule has 3 rings (SSSR count). The number of rotatable bonds is 10. The summed E-state index contributed by atoms with van der Waals surface area (Å²) in [6, 6.07) is 7.69. The third-order valence-corrected chi connectivity index (χ3v) is 6.37. The number of ether oxygens (including phenoxy) is 1. The maximum Gasteiger partial charge on any atom is 0.573 e. The highest BCUT2D eigenvalue weighted by molar-refractivity contribution is 7.80. The SMILES string of the molecule is CCCCCCCN(C(=S)Nc1cccc(C(F)(F)F)c1)C1CC(=O)N(c2ccc(OC(F)(F)F)cc2)C1=O. The van der Waals surface area contributed by atoms with Gasteiger partial charge in [-0.05, 0) is 61.1 Å². The normalized spacial score (nSPS) is 16.0. The van der Waals surface area contributed by atoms with E-state index in [4.69, 9.17) is 12.2 Å². The second kappa shape index (κ2) is 12.7. The molecular formula is C26H27F6N3O3S. The number of hydrogen-bond acceptors (Lipinski definition) is 4. The molecule has 1 unspecified atom stereocenters. The second-order valence-electron chi connectivity index (χ2n) is 8.95. The summed E-state index contributed by atoms with van der Waals surface area (Å²) in [4.78, 5) is 28.6. The quantitative estimate of drug-likeness (QED) is 0.144. The van der Waals surface area contributed by atoms with Crippen LogP contribution in [-0.4, -0.2) is 40.8 Å². The first kappa shape index (κ1) is 30.2. The van der Waals surface area contributed by atoms with E-state index in [0.717, 1.165) is 67.0 Å². The van der Waals surface area contributed by atoms with Gasteiger partial charge in [0.05, 0.1) is 17.7 Å². The molecule has 2 aromatic carbocycles.